The van der Waals surface area contributed by atoms with Crippen LogP contribution in [0, 0.1) is 11.7 Å². The van der Waals surface area contributed by atoms with Crippen LogP contribution in [-0.2, 0) is 14.2 Å². The Balaban J connectivity index is 1.47. The Labute approximate surface area is 159 Å². The molecule has 0 amide bonds. The Kier molecular flexibility index (Phi) is 6.84. The van der Waals surface area contributed by atoms with Crippen LogP contribution >= 0.6 is 0 Å². The molecule has 2 fully saturated rings. The van der Waals surface area contributed by atoms with Gasteiger partial charge in [-0.15, -0.1) is 0 Å². The first-order valence-electron chi connectivity index (χ1n) is 9.67. The fourth-order valence-corrected chi connectivity index (χ4v) is 3.29. The molecule has 1 aromatic carbocycles. The molecule has 0 aliphatic carbocycles. The third-order valence-electron chi connectivity index (χ3n) is 5.13. The van der Waals surface area contributed by atoms with E-state index in [0.717, 1.165) is 18.4 Å². The third-order valence-corrected chi connectivity index (χ3v) is 5.13. The molecule has 0 radical (unpaired) electrons. The fourth-order valence-electron chi connectivity index (χ4n) is 3.29. The molecule has 6 heteroatoms. The molecule has 4 nitrogen and oxygen atoms in total. The fraction of sp³-hybridized carbons (Fsp3) is 0.619. The first-order chi connectivity index (χ1) is 13.0. The Morgan fingerprint density at radius 3 is 2.52 bits per heavy atom. The second-order valence-corrected chi connectivity index (χ2v) is 7.16. The predicted octanol–water partition coefficient (Wildman–Crippen LogP) is 4.74. The molecule has 0 N–H and O–H groups in total. The van der Waals surface area contributed by atoms with Gasteiger partial charge >= 0.3 is 0 Å². The van der Waals surface area contributed by atoms with Crippen molar-refractivity contribution in [3.05, 3.63) is 41.7 Å². The van der Waals surface area contributed by atoms with Crippen LogP contribution in [0.2, 0.25) is 0 Å². The summed E-state index contributed by atoms with van der Waals surface area (Å²) in [5.41, 5.74) is -0.547. The topological polar surface area (TPSA) is 36.9 Å². The molecule has 27 heavy (non-hydrogen) atoms. The zero-order valence-electron chi connectivity index (χ0n) is 16.0. The number of ether oxygens (including phenoxy) is 4. The van der Waals surface area contributed by atoms with Crippen LogP contribution in [0.15, 0.2) is 30.4 Å². The Bertz CT molecular complexity index is 633. The Morgan fingerprint density at radius 1 is 1.15 bits per heavy atom. The van der Waals surface area contributed by atoms with E-state index in [1.807, 2.05) is 25.1 Å². The molecule has 0 aromatic heterocycles. The highest BCUT2D eigenvalue weighted by atomic mass is 19.1. The van der Waals surface area contributed by atoms with Crippen LogP contribution in [0.3, 0.4) is 0 Å². The van der Waals surface area contributed by atoms with Gasteiger partial charge in [0.1, 0.15) is 0 Å². The van der Waals surface area contributed by atoms with E-state index in [2.05, 4.69) is 0 Å². The molecular formula is C21H28F2O4. The van der Waals surface area contributed by atoms with Crippen LogP contribution in [-0.4, -0.2) is 38.4 Å². The van der Waals surface area contributed by atoms with Gasteiger partial charge in [0, 0.05) is 5.92 Å². The smallest absolute Gasteiger partial charge is 0.177 e. The van der Waals surface area contributed by atoms with Crippen molar-refractivity contribution in [1.82, 2.24) is 0 Å². The molecule has 2 aliphatic heterocycles. The number of halogens is 2. The molecule has 2 saturated heterocycles. The number of hydrogen-bond donors (Lipinski definition) is 0. The molecule has 0 spiro atoms. The van der Waals surface area contributed by atoms with Crippen molar-refractivity contribution in [1.29, 1.82) is 0 Å². The lowest BCUT2D eigenvalue weighted by atomic mass is 9.94. The number of alkyl halides is 1. The highest BCUT2D eigenvalue weighted by Crippen LogP contribution is 2.33. The molecule has 0 saturated carbocycles. The second kappa shape index (κ2) is 9.13. The number of hydrogen-bond acceptors (Lipinski definition) is 4. The van der Waals surface area contributed by atoms with Crippen LogP contribution in [0.5, 0.6) is 5.75 Å². The second-order valence-electron chi connectivity index (χ2n) is 7.16. The minimum absolute atomic E-state index is 0.0606. The summed E-state index contributed by atoms with van der Waals surface area (Å²) in [6.45, 7) is 4.71. The van der Waals surface area contributed by atoms with Crippen molar-refractivity contribution < 1.29 is 27.7 Å². The van der Waals surface area contributed by atoms with Gasteiger partial charge in [0.2, 0.25) is 0 Å². The average molecular weight is 382 g/mol. The molecular weight excluding hydrogens is 354 g/mol. The van der Waals surface area contributed by atoms with Gasteiger partial charge in [0.15, 0.2) is 23.5 Å². The van der Waals surface area contributed by atoms with E-state index in [1.54, 1.807) is 13.0 Å². The third kappa shape index (κ3) is 5.27. The standard InChI is InChI=1S/C21H28F2O4/c1-3-21(23)13-26-20(27-14-21)10-6-15-5-8-18(25-12-15)16-7-9-19(24-4-2)17(22)11-16/h6-7,9-11,15,18,20H,3-5,8,12-14H2,1-2H3/b10-6+. The van der Waals surface area contributed by atoms with Gasteiger partial charge in [-0.1, -0.05) is 19.1 Å². The summed E-state index contributed by atoms with van der Waals surface area (Å²) in [6, 6.07) is 5.00. The van der Waals surface area contributed by atoms with E-state index in [1.165, 1.54) is 6.07 Å². The largest absolute Gasteiger partial charge is 0.491 e. The highest BCUT2D eigenvalue weighted by Gasteiger charge is 2.34. The summed E-state index contributed by atoms with van der Waals surface area (Å²) in [7, 11) is 0. The summed E-state index contributed by atoms with van der Waals surface area (Å²) in [6.07, 6.45) is 5.34. The lowest BCUT2D eigenvalue weighted by molar-refractivity contribution is -0.212. The summed E-state index contributed by atoms with van der Waals surface area (Å²) in [5, 5.41) is 0. The summed E-state index contributed by atoms with van der Waals surface area (Å²) in [5.74, 6) is 0.150. The van der Waals surface area contributed by atoms with E-state index in [-0.39, 0.29) is 36.8 Å². The zero-order valence-corrected chi connectivity index (χ0v) is 16.0. The molecule has 1 aromatic rings. The van der Waals surface area contributed by atoms with Crippen molar-refractivity contribution in [3.63, 3.8) is 0 Å². The van der Waals surface area contributed by atoms with Crippen LogP contribution < -0.4 is 4.74 Å². The van der Waals surface area contributed by atoms with Crippen molar-refractivity contribution in [2.45, 2.75) is 51.2 Å². The Morgan fingerprint density at radius 2 is 1.93 bits per heavy atom. The van der Waals surface area contributed by atoms with Crippen LogP contribution in [0.4, 0.5) is 8.78 Å². The van der Waals surface area contributed by atoms with Gasteiger partial charge < -0.3 is 18.9 Å². The summed E-state index contributed by atoms with van der Waals surface area (Å²) in [4.78, 5) is 0. The maximum absolute atomic E-state index is 14.0. The summed E-state index contributed by atoms with van der Waals surface area (Å²) >= 11 is 0. The van der Waals surface area contributed by atoms with Crippen LogP contribution in [0.1, 0.15) is 44.8 Å². The van der Waals surface area contributed by atoms with Gasteiger partial charge in [0.05, 0.1) is 32.5 Å². The maximum atomic E-state index is 14.0. The molecule has 3 rings (SSSR count). The zero-order chi connectivity index (χ0) is 19.3. The quantitative estimate of drug-likeness (QED) is 0.666. The molecule has 2 unspecified atom stereocenters. The van der Waals surface area contributed by atoms with Crippen molar-refractivity contribution in [3.8, 4) is 5.75 Å². The normalized spacial score (nSPS) is 31.9. The summed E-state index contributed by atoms with van der Waals surface area (Å²) < 4.78 is 50.1. The van der Waals surface area contributed by atoms with Crippen molar-refractivity contribution in [2.75, 3.05) is 26.4 Å². The Hall–Kier alpha value is -1.50. The van der Waals surface area contributed by atoms with Gasteiger partial charge in [-0.05, 0) is 50.0 Å². The monoisotopic (exact) mass is 382 g/mol. The van der Waals surface area contributed by atoms with E-state index in [9.17, 15) is 8.78 Å². The molecule has 2 heterocycles. The van der Waals surface area contributed by atoms with E-state index in [4.69, 9.17) is 18.9 Å². The van der Waals surface area contributed by atoms with Gasteiger partial charge in [-0.25, -0.2) is 8.78 Å². The van der Waals surface area contributed by atoms with Gasteiger partial charge in [-0.2, -0.15) is 0 Å². The highest BCUT2D eigenvalue weighted by molar-refractivity contribution is 5.30. The maximum Gasteiger partial charge on any atom is 0.177 e. The lowest BCUT2D eigenvalue weighted by Crippen LogP contribution is -2.43. The molecule has 2 atom stereocenters. The van der Waals surface area contributed by atoms with Crippen molar-refractivity contribution >= 4 is 0 Å². The van der Waals surface area contributed by atoms with Crippen molar-refractivity contribution in [2.24, 2.45) is 5.92 Å². The van der Waals surface area contributed by atoms with E-state index in [0.29, 0.717) is 19.6 Å². The SMILES string of the molecule is CCOc1ccc(C2CCC(/C=C/C3OCC(F)(CC)CO3)CO2)cc1F. The molecule has 150 valence electrons. The van der Waals surface area contributed by atoms with E-state index < -0.39 is 12.0 Å². The lowest BCUT2D eigenvalue weighted by Gasteiger charge is -2.32. The predicted molar refractivity (Wildman–Crippen MR) is 97.9 cm³/mol. The van der Waals surface area contributed by atoms with Gasteiger partial charge in [0.25, 0.3) is 0 Å². The van der Waals surface area contributed by atoms with Gasteiger partial charge in [-0.3, -0.25) is 0 Å². The number of benzene rings is 1. The minimum atomic E-state index is -1.38. The first-order valence-corrected chi connectivity index (χ1v) is 9.67. The number of rotatable bonds is 6. The first kappa shape index (κ1) is 20.2. The van der Waals surface area contributed by atoms with E-state index >= 15 is 0 Å². The molecule has 2 aliphatic rings. The minimum Gasteiger partial charge on any atom is -0.491 e. The molecule has 0 bridgehead atoms. The average Bonchev–Trinajstić information content (AvgIpc) is 2.70. The van der Waals surface area contributed by atoms with Crippen LogP contribution in [0.25, 0.3) is 0 Å².